The van der Waals surface area contributed by atoms with Crippen molar-refractivity contribution in [2.45, 2.75) is 6.92 Å². The molecule has 0 aliphatic carbocycles. The standard InChI is InChI=1S/C10H7ClOS2/c1-6-4-13-5-7(6)10(12)8-2-3-9(11)14-8/h2-5H,1H3. The second kappa shape index (κ2) is 3.85. The van der Waals surface area contributed by atoms with Gasteiger partial charge in [-0.3, -0.25) is 4.79 Å². The van der Waals surface area contributed by atoms with E-state index in [9.17, 15) is 4.79 Å². The molecule has 0 radical (unpaired) electrons. The van der Waals surface area contributed by atoms with Crippen LogP contribution in [0.25, 0.3) is 0 Å². The summed E-state index contributed by atoms with van der Waals surface area (Å²) in [5.74, 6) is 0.0700. The third kappa shape index (κ3) is 1.75. The van der Waals surface area contributed by atoms with Gasteiger partial charge in [0.25, 0.3) is 0 Å². The molecular weight excluding hydrogens is 236 g/mol. The van der Waals surface area contributed by atoms with Crippen LogP contribution in [0.1, 0.15) is 20.8 Å². The van der Waals surface area contributed by atoms with Crippen molar-refractivity contribution in [3.63, 3.8) is 0 Å². The number of rotatable bonds is 2. The summed E-state index contributed by atoms with van der Waals surface area (Å²) in [5, 5.41) is 3.85. The average Bonchev–Trinajstić information content (AvgIpc) is 2.73. The Morgan fingerprint density at radius 1 is 1.36 bits per heavy atom. The van der Waals surface area contributed by atoms with E-state index in [4.69, 9.17) is 11.6 Å². The van der Waals surface area contributed by atoms with Gasteiger partial charge in [0.05, 0.1) is 9.21 Å². The Bertz CT molecular complexity index is 470. The van der Waals surface area contributed by atoms with Gasteiger partial charge in [-0.1, -0.05) is 11.6 Å². The second-order valence-corrected chi connectivity index (χ2v) is 5.36. The predicted molar refractivity (Wildman–Crippen MR) is 61.8 cm³/mol. The van der Waals surface area contributed by atoms with E-state index in [2.05, 4.69) is 0 Å². The SMILES string of the molecule is Cc1cscc1C(=O)c1ccc(Cl)s1. The zero-order chi connectivity index (χ0) is 10.1. The van der Waals surface area contributed by atoms with Crippen molar-refractivity contribution in [3.8, 4) is 0 Å². The van der Waals surface area contributed by atoms with E-state index in [0.717, 1.165) is 11.1 Å². The van der Waals surface area contributed by atoms with Crippen LogP contribution in [-0.2, 0) is 0 Å². The molecule has 0 spiro atoms. The fraction of sp³-hybridized carbons (Fsp3) is 0.100. The quantitative estimate of drug-likeness (QED) is 0.728. The van der Waals surface area contributed by atoms with Gasteiger partial charge in [-0.25, -0.2) is 0 Å². The highest BCUT2D eigenvalue weighted by Crippen LogP contribution is 2.26. The summed E-state index contributed by atoms with van der Waals surface area (Å²) in [6.45, 7) is 1.94. The normalized spacial score (nSPS) is 10.4. The van der Waals surface area contributed by atoms with Crippen molar-refractivity contribution >= 4 is 40.1 Å². The van der Waals surface area contributed by atoms with Gasteiger partial charge in [-0.05, 0) is 30.0 Å². The summed E-state index contributed by atoms with van der Waals surface area (Å²) in [5.41, 5.74) is 1.82. The van der Waals surface area contributed by atoms with E-state index in [0.29, 0.717) is 9.21 Å². The first-order valence-corrected chi connectivity index (χ1v) is 6.15. The summed E-state index contributed by atoms with van der Waals surface area (Å²) >= 11 is 8.64. The van der Waals surface area contributed by atoms with Crippen molar-refractivity contribution in [2.24, 2.45) is 0 Å². The molecule has 0 saturated carbocycles. The Morgan fingerprint density at radius 2 is 2.14 bits per heavy atom. The molecule has 0 unspecified atom stereocenters. The summed E-state index contributed by atoms with van der Waals surface area (Å²) in [7, 11) is 0. The lowest BCUT2D eigenvalue weighted by Crippen LogP contribution is -1.97. The number of aryl methyl sites for hydroxylation is 1. The van der Waals surface area contributed by atoms with Crippen LogP contribution in [0.15, 0.2) is 22.9 Å². The summed E-state index contributed by atoms with van der Waals surface area (Å²) in [6, 6.07) is 3.52. The minimum atomic E-state index is 0.0700. The highest BCUT2D eigenvalue weighted by molar-refractivity contribution is 7.18. The van der Waals surface area contributed by atoms with Crippen molar-refractivity contribution < 1.29 is 4.79 Å². The summed E-state index contributed by atoms with van der Waals surface area (Å²) in [4.78, 5) is 12.6. The first-order valence-electron chi connectivity index (χ1n) is 4.01. The van der Waals surface area contributed by atoms with Crippen molar-refractivity contribution in [1.82, 2.24) is 0 Å². The van der Waals surface area contributed by atoms with Crippen LogP contribution in [0.5, 0.6) is 0 Å². The van der Waals surface area contributed by atoms with Crippen molar-refractivity contribution in [2.75, 3.05) is 0 Å². The topological polar surface area (TPSA) is 17.1 Å². The number of hydrogen-bond donors (Lipinski definition) is 0. The third-order valence-electron chi connectivity index (χ3n) is 1.90. The highest BCUT2D eigenvalue weighted by atomic mass is 35.5. The van der Waals surface area contributed by atoms with Crippen LogP contribution in [0.3, 0.4) is 0 Å². The Labute approximate surface area is 95.0 Å². The maximum atomic E-state index is 11.9. The Balaban J connectivity index is 2.38. The van der Waals surface area contributed by atoms with E-state index in [-0.39, 0.29) is 5.78 Å². The zero-order valence-electron chi connectivity index (χ0n) is 7.41. The lowest BCUT2D eigenvalue weighted by molar-refractivity contribution is 0.104. The molecule has 0 aliphatic heterocycles. The van der Waals surface area contributed by atoms with E-state index in [1.165, 1.54) is 11.3 Å². The van der Waals surface area contributed by atoms with E-state index < -0.39 is 0 Å². The Hall–Kier alpha value is -0.640. The molecule has 2 heterocycles. The van der Waals surface area contributed by atoms with Gasteiger partial charge in [-0.15, -0.1) is 11.3 Å². The molecule has 0 aliphatic rings. The van der Waals surface area contributed by atoms with Gasteiger partial charge in [0.2, 0.25) is 5.78 Å². The van der Waals surface area contributed by atoms with Gasteiger partial charge >= 0.3 is 0 Å². The molecule has 0 fully saturated rings. The maximum absolute atomic E-state index is 11.9. The molecule has 14 heavy (non-hydrogen) atoms. The van der Waals surface area contributed by atoms with Gasteiger partial charge in [0.1, 0.15) is 0 Å². The molecule has 0 amide bonds. The van der Waals surface area contributed by atoms with Crippen LogP contribution >= 0.6 is 34.3 Å². The Morgan fingerprint density at radius 3 is 2.64 bits per heavy atom. The number of hydrogen-bond acceptors (Lipinski definition) is 3. The fourth-order valence-corrected chi connectivity index (χ4v) is 2.99. The molecule has 0 bridgehead atoms. The lowest BCUT2D eigenvalue weighted by Gasteiger charge is -1.94. The smallest absolute Gasteiger partial charge is 0.204 e. The molecule has 1 nitrogen and oxygen atoms in total. The maximum Gasteiger partial charge on any atom is 0.204 e. The highest BCUT2D eigenvalue weighted by Gasteiger charge is 2.14. The van der Waals surface area contributed by atoms with E-state index >= 15 is 0 Å². The first kappa shape index (κ1) is 9.90. The molecular formula is C10H7ClOS2. The minimum Gasteiger partial charge on any atom is -0.288 e. The number of ketones is 1. The molecule has 0 atom stereocenters. The molecule has 2 aromatic heterocycles. The summed E-state index contributed by atoms with van der Waals surface area (Å²) in [6.07, 6.45) is 0. The molecule has 4 heteroatoms. The monoisotopic (exact) mass is 242 g/mol. The van der Waals surface area contributed by atoms with E-state index in [1.54, 1.807) is 23.5 Å². The number of halogens is 1. The lowest BCUT2D eigenvalue weighted by atomic mass is 10.1. The van der Waals surface area contributed by atoms with Crippen LogP contribution in [0.2, 0.25) is 4.34 Å². The van der Waals surface area contributed by atoms with Gasteiger partial charge < -0.3 is 0 Å². The molecule has 0 aromatic carbocycles. The molecule has 72 valence electrons. The number of carbonyl (C=O) groups is 1. The number of thiophene rings is 2. The van der Waals surface area contributed by atoms with Crippen LogP contribution in [0, 0.1) is 6.92 Å². The van der Waals surface area contributed by atoms with Crippen molar-refractivity contribution in [3.05, 3.63) is 43.2 Å². The van der Waals surface area contributed by atoms with Crippen LogP contribution in [0.4, 0.5) is 0 Å². The van der Waals surface area contributed by atoms with Crippen molar-refractivity contribution in [1.29, 1.82) is 0 Å². The number of carbonyl (C=O) groups excluding carboxylic acids is 1. The van der Waals surface area contributed by atoms with Crippen LogP contribution in [-0.4, -0.2) is 5.78 Å². The van der Waals surface area contributed by atoms with Gasteiger partial charge in [0, 0.05) is 10.9 Å². The average molecular weight is 243 g/mol. The molecule has 2 rings (SSSR count). The molecule has 2 aromatic rings. The molecule has 0 N–H and O–H groups in total. The van der Waals surface area contributed by atoms with Crippen LogP contribution < -0.4 is 0 Å². The van der Waals surface area contributed by atoms with Gasteiger partial charge in [0.15, 0.2) is 0 Å². The minimum absolute atomic E-state index is 0.0700. The van der Waals surface area contributed by atoms with E-state index in [1.807, 2.05) is 17.7 Å². The largest absolute Gasteiger partial charge is 0.288 e. The zero-order valence-corrected chi connectivity index (χ0v) is 9.80. The second-order valence-electron chi connectivity index (χ2n) is 2.90. The predicted octanol–water partition coefficient (Wildman–Crippen LogP) is 4.00. The summed E-state index contributed by atoms with van der Waals surface area (Å²) < 4.78 is 0.654. The Kier molecular flexibility index (Phi) is 2.72. The molecule has 0 saturated heterocycles. The third-order valence-corrected chi connectivity index (χ3v) is 3.99. The first-order chi connectivity index (χ1) is 6.68. The van der Waals surface area contributed by atoms with Gasteiger partial charge in [-0.2, -0.15) is 11.3 Å². The fourth-order valence-electron chi connectivity index (χ4n) is 1.16.